The van der Waals surface area contributed by atoms with Gasteiger partial charge in [-0.15, -0.1) is 0 Å². The van der Waals surface area contributed by atoms with Crippen LogP contribution < -0.4 is 16.0 Å². The molecular weight excluding hydrogens is 609 g/mol. The standard InChI is InChI=1S/C31H31ClFN5O7/c1-16-5-3-6-19(27-34-14-23(44-27)18-8-7-17(35-29(41)43-2)13-22(18)36-26(16)39)28(40)38-12-4-11-31(15-38)24-21(37-30(42)45-31)10-9-20(32)25(24)33/h7-10,13-14,16,19H,3-6,11-12,15H2,1-2H3,(H,35,41)(H,36,39)(H,37,42)/t16-,19-,31+/m1/s1. The summed E-state index contributed by atoms with van der Waals surface area (Å²) in [6.07, 6.45) is 2.14. The van der Waals surface area contributed by atoms with Gasteiger partial charge in [-0.05, 0) is 56.0 Å². The van der Waals surface area contributed by atoms with Crippen molar-refractivity contribution in [2.24, 2.45) is 5.92 Å². The zero-order chi connectivity index (χ0) is 31.9. The zero-order valence-electron chi connectivity index (χ0n) is 24.6. The van der Waals surface area contributed by atoms with Gasteiger partial charge in [0.15, 0.2) is 17.2 Å². The summed E-state index contributed by atoms with van der Waals surface area (Å²) in [6, 6.07) is 7.76. The summed E-state index contributed by atoms with van der Waals surface area (Å²) in [4.78, 5) is 57.7. The molecule has 6 rings (SSSR count). The number of carbonyl (C=O) groups is 4. The molecule has 12 nitrogen and oxygen atoms in total. The molecule has 0 aliphatic carbocycles. The third-order valence-electron chi connectivity index (χ3n) is 8.51. The van der Waals surface area contributed by atoms with Crippen LogP contribution in [0.5, 0.6) is 0 Å². The predicted octanol–water partition coefficient (Wildman–Crippen LogP) is 6.23. The number of aromatic nitrogens is 1. The highest BCUT2D eigenvalue weighted by Crippen LogP contribution is 2.46. The largest absolute Gasteiger partial charge is 0.453 e. The molecule has 3 aromatic rings. The first-order valence-electron chi connectivity index (χ1n) is 14.6. The lowest BCUT2D eigenvalue weighted by atomic mass is 9.82. The Morgan fingerprint density at radius 2 is 1.98 bits per heavy atom. The monoisotopic (exact) mass is 639 g/mol. The summed E-state index contributed by atoms with van der Waals surface area (Å²) in [5, 5.41) is 7.91. The van der Waals surface area contributed by atoms with Crippen molar-refractivity contribution < 1.29 is 37.5 Å². The average Bonchev–Trinajstić information content (AvgIpc) is 3.50. The number of carbonyl (C=O) groups excluding carboxylic acids is 4. The van der Waals surface area contributed by atoms with E-state index in [1.54, 1.807) is 30.0 Å². The average molecular weight is 640 g/mol. The van der Waals surface area contributed by atoms with E-state index in [4.69, 9.17) is 20.8 Å². The Bertz CT molecular complexity index is 1700. The summed E-state index contributed by atoms with van der Waals surface area (Å²) in [5.74, 6) is -1.96. The summed E-state index contributed by atoms with van der Waals surface area (Å²) < 4.78 is 32.0. The van der Waals surface area contributed by atoms with E-state index >= 15 is 4.39 Å². The maximum Gasteiger partial charge on any atom is 0.412 e. The number of nitrogens with zero attached hydrogens (tertiary/aromatic N) is 2. The van der Waals surface area contributed by atoms with E-state index in [1.165, 1.54) is 25.4 Å². The number of likely N-dealkylation sites (tertiary alicyclic amines) is 1. The number of halogens is 2. The van der Waals surface area contributed by atoms with Crippen LogP contribution >= 0.6 is 11.6 Å². The number of nitrogens with one attached hydrogen (secondary N) is 3. The molecule has 4 amide bonds. The molecular formula is C31H31ClFN5O7. The molecule has 1 fully saturated rings. The molecule has 1 saturated heterocycles. The number of piperidine rings is 1. The molecule has 14 heteroatoms. The Morgan fingerprint density at radius 3 is 2.78 bits per heavy atom. The second-order valence-corrected chi connectivity index (χ2v) is 11.9. The van der Waals surface area contributed by atoms with Gasteiger partial charge in [-0.3, -0.25) is 20.2 Å². The summed E-state index contributed by atoms with van der Waals surface area (Å²) in [6.45, 7) is 2.07. The van der Waals surface area contributed by atoms with Gasteiger partial charge in [-0.25, -0.2) is 19.0 Å². The molecule has 4 heterocycles. The topological polar surface area (TPSA) is 152 Å². The number of benzene rings is 2. The number of amides is 4. The maximum atomic E-state index is 15.4. The number of methoxy groups -OCH3 is 1. The van der Waals surface area contributed by atoms with Crippen LogP contribution in [-0.4, -0.2) is 54.1 Å². The second-order valence-electron chi connectivity index (χ2n) is 11.5. The number of hydrogen-bond donors (Lipinski definition) is 3. The lowest BCUT2D eigenvalue weighted by molar-refractivity contribution is -0.141. The lowest BCUT2D eigenvalue weighted by Gasteiger charge is -2.45. The van der Waals surface area contributed by atoms with E-state index in [0.717, 1.165) is 0 Å². The number of rotatable bonds is 2. The van der Waals surface area contributed by atoms with Crippen LogP contribution in [0.3, 0.4) is 0 Å². The van der Waals surface area contributed by atoms with Crippen molar-refractivity contribution in [1.29, 1.82) is 0 Å². The van der Waals surface area contributed by atoms with Crippen molar-refractivity contribution in [1.82, 2.24) is 9.88 Å². The fourth-order valence-corrected chi connectivity index (χ4v) is 6.39. The minimum atomic E-state index is -1.42. The molecule has 0 unspecified atom stereocenters. The van der Waals surface area contributed by atoms with Gasteiger partial charge >= 0.3 is 12.2 Å². The number of anilines is 3. The van der Waals surface area contributed by atoms with Crippen LogP contribution in [0.25, 0.3) is 11.3 Å². The number of ether oxygens (including phenoxy) is 2. The Hall–Kier alpha value is -4.65. The summed E-state index contributed by atoms with van der Waals surface area (Å²) >= 11 is 6.12. The molecule has 236 valence electrons. The highest BCUT2D eigenvalue weighted by Gasteiger charge is 2.49. The van der Waals surface area contributed by atoms with Crippen LogP contribution in [0.4, 0.5) is 31.0 Å². The molecule has 2 aromatic carbocycles. The molecule has 3 N–H and O–H groups in total. The summed E-state index contributed by atoms with van der Waals surface area (Å²) in [5.41, 5.74) is 0.222. The fourth-order valence-electron chi connectivity index (χ4n) is 6.23. The van der Waals surface area contributed by atoms with E-state index in [-0.39, 0.29) is 40.5 Å². The Morgan fingerprint density at radius 1 is 1.16 bits per heavy atom. The predicted molar refractivity (Wildman–Crippen MR) is 161 cm³/mol. The normalized spacial score (nSPS) is 22.9. The van der Waals surface area contributed by atoms with Gasteiger partial charge in [0.05, 0.1) is 41.8 Å². The first-order chi connectivity index (χ1) is 21.6. The third kappa shape index (κ3) is 5.79. The first-order valence-corrected chi connectivity index (χ1v) is 15.0. The molecule has 0 saturated carbocycles. The minimum Gasteiger partial charge on any atom is -0.453 e. The van der Waals surface area contributed by atoms with Gasteiger partial charge in [0.1, 0.15) is 5.92 Å². The van der Waals surface area contributed by atoms with Gasteiger partial charge in [0.2, 0.25) is 17.7 Å². The maximum absolute atomic E-state index is 15.4. The van der Waals surface area contributed by atoms with Crippen molar-refractivity contribution in [3.63, 3.8) is 0 Å². The third-order valence-corrected chi connectivity index (χ3v) is 8.81. The van der Waals surface area contributed by atoms with E-state index < -0.39 is 35.4 Å². The molecule has 1 aromatic heterocycles. The van der Waals surface area contributed by atoms with E-state index in [0.29, 0.717) is 61.3 Å². The van der Waals surface area contributed by atoms with Gasteiger partial charge in [-0.2, -0.15) is 0 Å². The molecule has 3 aliphatic heterocycles. The van der Waals surface area contributed by atoms with Crippen molar-refractivity contribution in [2.45, 2.75) is 50.5 Å². The number of hydrogen-bond acceptors (Lipinski definition) is 8. The zero-order valence-corrected chi connectivity index (χ0v) is 25.3. The van der Waals surface area contributed by atoms with Crippen LogP contribution in [0.15, 0.2) is 40.9 Å². The Labute approximate surface area is 262 Å². The highest BCUT2D eigenvalue weighted by atomic mass is 35.5. The smallest absolute Gasteiger partial charge is 0.412 e. The van der Waals surface area contributed by atoms with Crippen molar-refractivity contribution >= 4 is 52.7 Å². The molecule has 3 atom stereocenters. The summed E-state index contributed by atoms with van der Waals surface area (Å²) in [7, 11) is 1.25. The molecule has 1 spiro atoms. The van der Waals surface area contributed by atoms with Crippen LogP contribution in [0.1, 0.15) is 56.4 Å². The molecule has 3 aliphatic rings. The van der Waals surface area contributed by atoms with Crippen molar-refractivity contribution in [3.8, 4) is 11.3 Å². The fraction of sp³-hybridized carbons (Fsp3) is 0.387. The van der Waals surface area contributed by atoms with Crippen molar-refractivity contribution in [2.75, 3.05) is 36.1 Å². The lowest BCUT2D eigenvalue weighted by Crippen LogP contribution is -2.54. The van der Waals surface area contributed by atoms with Gasteiger partial charge in [0, 0.05) is 23.7 Å². The molecule has 0 radical (unpaired) electrons. The Kier molecular flexibility index (Phi) is 8.12. The number of oxazole rings is 1. The SMILES string of the molecule is COC(=O)Nc1ccc2c(c1)NC(=O)[C@H](C)CCC[C@@H](C(=O)N1CCC[C@@]3(C1)OC(=O)Nc1ccc(Cl)c(F)c13)c1ncc-2o1. The van der Waals surface area contributed by atoms with E-state index in [1.807, 2.05) is 0 Å². The van der Waals surface area contributed by atoms with Crippen LogP contribution in [0, 0.1) is 11.7 Å². The van der Waals surface area contributed by atoms with Crippen LogP contribution in [-0.2, 0) is 24.7 Å². The quantitative estimate of drug-likeness (QED) is 0.298. The van der Waals surface area contributed by atoms with Gasteiger partial charge in [0.25, 0.3) is 0 Å². The van der Waals surface area contributed by atoms with Crippen molar-refractivity contribution in [3.05, 3.63) is 58.8 Å². The molecule has 45 heavy (non-hydrogen) atoms. The van der Waals surface area contributed by atoms with Gasteiger partial charge in [-0.1, -0.05) is 24.9 Å². The highest BCUT2D eigenvalue weighted by molar-refractivity contribution is 6.31. The molecule has 2 bridgehead atoms. The van der Waals surface area contributed by atoms with E-state index in [9.17, 15) is 19.2 Å². The number of fused-ring (bicyclic) bond motifs is 6. The first kappa shape index (κ1) is 30.4. The van der Waals surface area contributed by atoms with Crippen LogP contribution in [0.2, 0.25) is 5.02 Å². The van der Waals surface area contributed by atoms with Gasteiger partial charge < -0.3 is 24.1 Å². The van der Waals surface area contributed by atoms with E-state index in [2.05, 4.69) is 25.7 Å². The second kappa shape index (κ2) is 12.0. The minimum absolute atomic E-state index is 0.0782. The Balaban J connectivity index is 1.34.